The van der Waals surface area contributed by atoms with Gasteiger partial charge in [0.15, 0.2) is 0 Å². The average Bonchev–Trinajstić information content (AvgIpc) is 3.06. The van der Waals surface area contributed by atoms with E-state index >= 15 is 0 Å². The van der Waals surface area contributed by atoms with E-state index in [0.717, 1.165) is 11.3 Å². The van der Waals surface area contributed by atoms with Crippen molar-refractivity contribution in [3.63, 3.8) is 0 Å². The molecule has 0 amide bonds. The van der Waals surface area contributed by atoms with E-state index in [1.54, 1.807) is 32.9 Å². The van der Waals surface area contributed by atoms with E-state index < -0.39 is 23.3 Å². The zero-order valence-electron chi connectivity index (χ0n) is 15.3. The Hall–Kier alpha value is -3.00. The van der Waals surface area contributed by atoms with Crippen LogP contribution in [0.1, 0.15) is 45.8 Å². The highest BCUT2D eigenvalue weighted by molar-refractivity contribution is 7.14. The SMILES string of the molecule is COC(=O)c1cnc(/C=C(\C(=O)OC(C)(C)C)C(=O)c2ccccc2O)s1. The first kappa shape index (κ1) is 20.3. The van der Waals surface area contributed by atoms with Gasteiger partial charge in [-0.1, -0.05) is 12.1 Å². The molecule has 0 aliphatic carbocycles. The molecule has 27 heavy (non-hydrogen) atoms. The van der Waals surface area contributed by atoms with Crippen LogP contribution in [0.4, 0.5) is 0 Å². The van der Waals surface area contributed by atoms with E-state index in [2.05, 4.69) is 9.72 Å². The smallest absolute Gasteiger partial charge is 0.349 e. The second kappa shape index (κ2) is 8.13. The number of carbonyl (C=O) groups excluding carboxylic acids is 3. The number of esters is 2. The lowest BCUT2D eigenvalue weighted by molar-refractivity contribution is -0.149. The topological polar surface area (TPSA) is 103 Å². The fourth-order valence-electron chi connectivity index (χ4n) is 2.03. The maximum absolute atomic E-state index is 12.9. The van der Waals surface area contributed by atoms with Gasteiger partial charge in [-0.2, -0.15) is 0 Å². The Kier molecular flexibility index (Phi) is 6.12. The number of ketones is 1. The van der Waals surface area contributed by atoms with Gasteiger partial charge in [0.2, 0.25) is 5.78 Å². The number of carbonyl (C=O) groups is 3. The number of Topliss-reactive ketones (excluding diaryl/α,β-unsaturated/α-hetero) is 1. The number of phenolic OH excluding ortho intramolecular Hbond substituents is 1. The van der Waals surface area contributed by atoms with Gasteiger partial charge in [0.25, 0.3) is 0 Å². The monoisotopic (exact) mass is 389 g/mol. The molecule has 1 aromatic carbocycles. The van der Waals surface area contributed by atoms with Gasteiger partial charge in [0.1, 0.15) is 26.8 Å². The van der Waals surface area contributed by atoms with Crippen molar-refractivity contribution in [1.29, 1.82) is 0 Å². The molecule has 0 radical (unpaired) electrons. The molecule has 1 aromatic heterocycles. The zero-order chi connectivity index (χ0) is 20.2. The van der Waals surface area contributed by atoms with Gasteiger partial charge in [-0.25, -0.2) is 14.6 Å². The van der Waals surface area contributed by atoms with Crippen molar-refractivity contribution >= 4 is 35.1 Å². The number of hydrogen-bond donors (Lipinski definition) is 1. The Balaban J connectivity index is 2.48. The van der Waals surface area contributed by atoms with Crippen LogP contribution in [0.15, 0.2) is 36.0 Å². The highest BCUT2D eigenvalue weighted by Crippen LogP contribution is 2.24. The van der Waals surface area contributed by atoms with Crippen LogP contribution >= 0.6 is 11.3 Å². The number of methoxy groups -OCH3 is 1. The highest BCUT2D eigenvalue weighted by atomic mass is 32.1. The molecule has 0 bridgehead atoms. The first-order valence-electron chi connectivity index (χ1n) is 7.94. The minimum atomic E-state index is -0.856. The molecule has 8 heteroatoms. The summed E-state index contributed by atoms with van der Waals surface area (Å²) in [6.07, 6.45) is 2.53. The molecule has 0 aliphatic rings. The van der Waals surface area contributed by atoms with Gasteiger partial charge in [-0.3, -0.25) is 4.79 Å². The van der Waals surface area contributed by atoms with Gasteiger partial charge in [0.05, 0.1) is 18.9 Å². The summed E-state index contributed by atoms with van der Waals surface area (Å²) in [7, 11) is 1.24. The van der Waals surface area contributed by atoms with Crippen molar-refractivity contribution in [3.05, 3.63) is 51.5 Å². The molecule has 0 atom stereocenters. The number of para-hydroxylation sites is 1. The van der Waals surface area contributed by atoms with Crippen LogP contribution in [0.3, 0.4) is 0 Å². The third-order valence-corrected chi connectivity index (χ3v) is 4.11. The van der Waals surface area contributed by atoms with Crippen LogP contribution in [0, 0.1) is 0 Å². The largest absolute Gasteiger partial charge is 0.507 e. The molecule has 0 fully saturated rings. The van der Waals surface area contributed by atoms with E-state index in [1.807, 2.05) is 0 Å². The molecule has 2 aromatic rings. The third-order valence-electron chi connectivity index (χ3n) is 3.19. The Bertz CT molecular complexity index is 907. The molecule has 2 rings (SSSR count). The van der Waals surface area contributed by atoms with Crippen LogP contribution in [0.25, 0.3) is 6.08 Å². The Morgan fingerprint density at radius 3 is 2.44 bits per heavy atom. The summed E-state index contributed by atoms with van der Waals surface area (Å²) in [5.41, 5.74) is -1.17. The van der Waals surface area contributed by atoms with E-state index in [4.69, 9.17) is 4.74 Å². The molecule has 0 spiro atoms. The van der Waals surface area contributed by atoms with Crippen LogP contribution in [-0.4, -0.2) is 40.5 Å². The Morgan fingerprint density at radius 1 is 1.19 bits per heavy atom. The van der Waals surface area contributed by atoms with Crippen LogP contribution in [-0.2, 0) is 14.3 Å². The molecule has 1 heterocycles. The van der Waals surface area contributed by atoms with E-state index in [9.17, 15) is 19.5 Å². The first-order valence-corrected chi connectivity index (χ1v) is 8.76. The van der Waals surface area contributed by atoms with Crippen molar-refractivity contribution in [2.75, 3.05) is 7.11 Å². The molecule has 0 unspecified atom stereocenters. The van der Waals surface area contributed by atoms with Gasteiger partial charge >= 0.3 is 11.9 Å². The van der Waals surface area contributed by atoms with E-state index in [-0.39, 0.29) is 26.8 Å². The van der Waals surface area contributed by atoms with Crippen molar-refractivity contribution in [2.24, 2.45) is 0 Å². The Labute approximate surface area is 160 Å². The summed E-state index contributed by atoms with van der Waals surface area (Å²) >= 11 is 0.962. The second-order valence-corrected chi connectivity index (χ2v) is 7.52. The lowest BCUT2D eigenvalue weighted by Crippen LogP contribution is -2.27. The van der Waals surface area contributed by atoms with E-state index in [0.29, 0.717) is 0 Å². The van der Waals surface area contributed by atoms with Crippen LogP contribution in [0.2, 0.25) is 0 Å². The summed E-state index contributed by atoms with van der Waals surface area (Å²) in [4.78, 5) is 41.2. The molecular formula is C19H19NO6S. The number of thiazole rings is 1. The minimum absolute atomic E-state index is 0.0423. The summed E-state index contributed by atoms with van der Waals surface area (Å²) < 4.78 is 9.93. The van der Waals surface area contributed by atoms with E-state index in [1.165, 1.54) is 31.5 Å². The molecule has 7 nitrogen and oxygen atoms in total. The third kappa shape index (κ3) is 5.24. The number of hydrogen-bond acceptors (Lipinski definition) is 8. The molecule has 0 aliphatic heterocycles. The lowest BCUT2D eigenvalue weighted by atomic mass is 10.0. The summed E-state index contributed by atoms with van der Waals surface area (Å²) in [5, 5.41) is 10.2. The molecule has 1 N–H and O–H groups in total. The summed E-state index contributed by atoms with van der Waals surface area (Å²) in [6.45, 7) is 5.02. The van der Waals surface area contributed by atoms with Crippen molar-refractivity contribution in [1.82, 2.24) is 4.98 Å². The normalized spacial score (nSPS) is 11.8. The van der Waals surface area contributed by atoms with Crippen LogP contribution in [0.5, 0.6) is 5.75 Å². The van der Waals surface area contributed by atoms with Gasteiger partial charge in [-0.15, -0.1) is 11.3 Å². The van der Waals surface area contributed by atoms with Crippen molar-refractivity contribution < 1.29 is 29.0 Å². The predicted molar refractivity (Wildman–Crippen MR) is 99.7 cm³/mol. The van der Waals surface area contributed by atoms with Crippen LogP contribution < -0.4 is 0 Å². The first-order chi connectivity index (χ1) is 12.6. The molecule has 142 valence electrons. The fourth-order valence-corrected chi connectivity index (χ4v) is 2.81. The number of nitrogens with zero attached hydrogens (tertiary/aromatic N) is 1. The average molecular weight is 389 g/mol. The number of aromatic nitrogens is 1. The molecule has 0 saturated heterocycles. The number of phenols is 1. The summed E-state index contributed by atoms with van der Waals surface area (Å²) in [5.74, 6) is -2.40. The Morgan fingerprint density at radius 2 is 1.85 bits per heavy atom. The minimum Gasteiger partial charge on any atom is -0.507 e. The standard InChI is InChI=1S/C19H19NO6S/c1-19(2,3)26-17(23)12(16(22)11-7-5-6-8-13(11)21)9-15-20-10-14(27-15)18(24)25-4/h5-10,21H,1-4H3/b12-9-. The van der Waals surface area contributed by atoms with Gasteiger partial charge in [0, 0.05) is 0 Å². The van der Waals surface area contributed by atoms with Crippen molar-refractivity contribution in [3.8, 4) is 5.75 Å². The second-order valence-electron chi connectivity index (χ2n) is 6.46. The number of ether oxygens (including phenoxy) is 2. The maximum atomic E-state index is 12.9. The molecular weight excluding hydrogens is 370 g/mol. The zero-order valence-corrected chi connectivity index (χ0v) is 16.1. The van der Waals surface area contributed by atoms with Gasteiger partial charge < -0.3 is 14.6 Å². The maximum Gasteiger partial charge on any atom is 0.349 e. The summed E-state index contributed by atoms with van der Waals surface area (Å²) in [6, 6.07) is 5.88. The quantitative estimate of drug-likeness (QED) is 0.275. The fraction of sp³-hybridized carbons (Fsp3) is 0.263. The highest BCUT2D eigenvalue weighted by Gasteiger charge is 2.27. The van der Waals surface area contributed by atoms with Gasteiger partial charge in [-0.05, 0) is 39.0 Å². The lowest BCUT2D eigenvalue weighted by Gasteiger charge is -2.20. The molecule has 0 saturated carbocycles. The number of benzene rings is 1. The number of aromatic hydroxyl groups is 1. The predicted octanol–water partition coefficient (Wildman–Crippen LogP) is 3.24. The van der Waals surface area contributed by atoms with Crippen molar-refractivity contribution in [2.45, 2.75) is 26.4 Å². The number of rotatable bonds is 5.